The Morgan fingerprint density at radius 2 is 2.26 bits per heavy atom. The van der Waals surface area contributed by atoms with Gasteiger partial charge in [-0.15, -0.1) is 0 Å². The topological polar surface area (TPSA) is 84.2 Å². The Labute approximate surface area is 110 Å². The fourth-order valence-corrected chi connectivity index (χ4v) is 3.13. The largest absolute Gasteiger partial charge is 0.385 e. The Bertz CT molecular complexity index is 680. The predicted molar refractivity (Wildman–Crippen MR) is 70.6 cm³/mol. The average Bonchev–Trinajstić information content (AvgIpc) is 2.90. The number of rotatable bonds is 3. The minimum Gasteiger partial charge on any atom is -0.385 e. The molecule has 0 fully saturated rings. The van der Waals surface area contributed by atoms with E-state index in [0.717, 1.165) is 30.6 Å². The van der Waals surface area contributed by atoms with Crippen molar-refractivity contribution in [2.24, 2.45) is 0 Å². The summed E-state index contributed by atoms with van der Waals surface area (Å²) in [6, 6.07) is 5.12. The van der Waals surface area contributed by atoms with Crippen molar-refractivity contribution >= 4 is 21.4 Å². The summed E-state index contributed by atoms with van der Waals surface area (Å²) in [5, 5.41) is 6.67. The molecule has 0 amide bonds. The minimum atomic E-state index is -3.61. The first-order valence-electron chi connectivity index (χ1n) is 5.94. The van der Waals surface area contributed by atoms with E-state index in [9.17, 15) is 8.42 Å². The quantitative estimate of drug-likeness (QED) is 0.895. The van der Waals surface area contributed by atoms with Crippen LogP contribution in [0.5, 0.6) is 0 Å². The first kappa shape index (κ1) is 12.0. The Balaban J connectivity index is 1.93. The number of hydrogen-bond donors (Lipinski definition) is 2. The Hall–Kier alpha value is -2.02. The number of fused-ring (bicyclic) bond motifs is 1. The number of benzene rings is 1. The van der Waals surface area contributed by atoms with Crippen molar-refractivity contribution < 1.29 is 12.9 Å². The molecule has 7 heteroatoms. The van der Waals surface area contributed by atoms with E-state index in [1.165, 1.54) is 12.5 Å². The molecule has 100 valence electrons. The minimum absolute atomic E-state index is 0.224. The van der Waals surface area contributed by atoms with E-state index in [-0.39, 0.29) is 4.90 Å². The van der Waals surface area contributed by atoms with Crippen molar-refractivity contribution in [3.63, 3.8) is 0 Å². The normalized spacial score (nSPS) is 14.5. The second-order valence-corrected chi connectivity index (χ2v) is 6.05. The lowest BCUT2D eigenvalue weighted by molar-refractivity contribution is 0.420. The molecule has 3 rings (SSSR count). The molecule has 0 bridgehead atoms. The second-order valence-electron chi connectivity index (χ2n) is 4.37. The van der Waals surface area contributed by atoms with Crippen LogP contribution >= 0.6 is 0 Å². The first-order chi connectivity index (χ1) is 9.15. The molecule has 2 heterocycles. The fourth-order valence-electron chi connectivity index (χ4n) is 2.08. The lowest BCUT2D eigenvalue weighted by atomic mass is 10.0. The zero-order valence-corrected chi connectivity index (χ0v) is 10.9. The van der Waals surface area contributed by atoms with Crippen LogP contribution in [0.25, 0.3) is 0 Å². The summed E-state index contributed by atoms with van der Waals surface area (Å²) in [4.78, 5) is 0.224. The summed E-state index contributed by atoms with van der Waals surface area (Å²) in [6.45, 7) is 0.871. The molecule has 0 atom stereocenters. The van der Waals surface area contributed by atoms with Crippen molar-refractivity contribution in [3.8, 4) is 0 Å². The third-order valence-corrected chi connectivity index (χ3v) is 4.39. The van der Waals surface area contributed by atoms with Gasteiger partial charge in [0, 0.05) is 12.2 Å². The lowest BCUT2D eigenvalue weighted by Gasteiger charge is -2.18. The number of aryl methyl sites for hydroxylation is 1. The summed E-state index contributed by atoms with van der Waals surface area (Å²) in [5.74, 6) is 0. The zero-order chi connectivity index (χ0) is 13.3. The number of anilines is 2. The van der Waals surface area contributed by atoms with Gasteiger partial charge in [-0.05, 0) is 30.5 Å². The molecular weight excluding hydrogens is 266 g/mol. The molecule has 19 heavy (non-hydrogen) atoms. The van der Waals surface area contributed by atoms with Gasteiger partial charge >= 0.3 is 0 Å². The molecule has 0 spiro atoms. The maximum absolute atomic E-state index is 12.2. The van der Waals surface area contributed by atoms with Crippen LogP contribution in [0.2, 0.25) is 0 Å². The van der Waals surface area contributed by atoms with Gasteiger partial charge in [-0.2, -0.15) is 0 Å². The van der Waals surface area contributed by atoms with Gasteiger partial charge in [0.1, 0.15) is 12.0 Å². The van der Waals surface area contributed by atoms with E-state index >= 15 is 0 Å². The number of nitrogens with one attached hydrogen (secondary N) is 2. The molecule has 0 aliphatic carbocycles. The van der Waals surface area contributed by atoms with Crippen molar-refractivity contribution in [3.05, 3.63) is 36.2 Å². The molecule has 2 aromatic rings. The van der Waals surface area contributed by atoms with E-state index in [1.54, 1.807) is 12.1 Å². The van der Waals surface area contributed by atoms with Crippen molar-refractivity contribution in [2.45, 2.75) is 17.7 Å². The van der Waals surface area contributed by atoms with Gasteiger partial charge in [-0.3, -0.25) is 4.72 Å². The van der Waals surface area contributed by atoms with Crippen LogP contribution < -0.4 is 10.0 Å². The molecular formula is C12H13N3O3S. The molecule has 1 aromatic heterocycles. The van der Waals surface area contributed by atoms with Gasteiger partial charge < -0.3 is 9.84 Å². The Morgan fingerprint density at radius 3 is 3.05 bits per heavy atom. The van der Waals surface area contributed by atoms with Crippen LogP contribution in [0, 0.1) is 0 Å². The molecule has 1 aliphatic heterocycles. The van der Waals surface area contributed by atoms with Gasteiger partial charge in [0.2, 0.25) is 0 Å². The highest BCUT2D eigenvalue weighted by Gasteiger charge is 2.18. The van der Waals surface area contributed by atoms with Gasteiger partial charge in [-0.1, -0.05) is 11.2 Å². The summed E-state index contributed by atoms with van der Waals surface area (Å²) < 4.78 is 31.4. The number of hydrogen-bond acceptors (Lipinski definition) is 5. The van der Waals surface area contributed by atoms with Crippen molar-refractivity contribution in [2.75, 3.05) is 16.6 Å². The van der Waals surface area contributed by atoms with Gasteiger partial charge in [0.05, 0.1) is 11.1 Å². The van der Waals surface area contributed by atoms with E-state index in [0.29, 0.717) is 5.69 Å². The summed E-state index contributed by atoms with van der Waals surface area (Å²) in [7, 11) is -3.61. The number of nitrogens with zero attached hydrogens (tertiary/aromatic N) is 1. The molecule has 1 aromatic carbocycles. The summed E-state index contributed by atoms with van der Waals surface area (Å²) >= 11 is 0. The standard InChI is InChI=1S/C12H13N3O3S/c16-19(17,15-10-7-14-18-8-10)11-4-3-9-2-1-5-13-12(9)6-11/h3-4,6-8,13,15H,1-2,5H2. The zero-order valence-electron chi connectivity index (χ0n) is 10.1. The number of aromatic nitrogens is 1. The second kappa shape index (κ2) is 4.58. The highest BCUT2D eigenvalue weighted by atomic mass is 32.2. The smallest absolute Gasteiger partial charge is 0.262 e. The van der Waals surface area contributed by atoms with Crippen LogP contribution in [-0.4, -0.2) is 20.1 Å². The molecule has 1 aliphatic rings. The maximum atomic E-state index is 12.2. The Morgan fingerprint density at radius 1 is 1.37 bits per heavy atom. The lowest BCUT2D eigenvalue weighted by Crippen LogP contribution is -2.15. The van der Waals surface area contributed by atoms with Crippen LogP contribution in [-0.2, 0) is 16.4 Å². The molecule has 2 N–H and O–H groups in total. The third kappa shape index (κ3) is 2.41. The average molecular weight is 279 g/mol. The highest BCUT2D eigenvalue weighted by Crippen LogP contribution is 2.26. The van der Waals surface area contributed by atoms with E-state index in [4.69, 9.17) is 0 Å². The van der Waals surface area contributed by atoms with Crippen LogP contribution in [0.3, 0.4) is 0 Å². The Kier molecular flexibility index (Phi) is 2.90. The predicted octanol–water partition coefficient (Wildman–Crippen LogP) is 1.83. The SMILES string of the molecule is O=S(=O)(Nc1cnoc1)c1ccc2c(c1)NCCC2. The van der Waals surface area contributed by atoms with Crippen LogP contribution in [0.15, 0.2) is 40.1 Å². The van der Waals surface area contributed by atoms with Gasteiger partial charge in [0.25, 0.3) is 10.0 Å². The molecule has 0 radical (unpaired) electrons. The van der Waals surface area contributed by atoms with Gasteiger partial charge in [-0.25, -0.2) is 8.42 Å². The first-order valence-corrected chi connectivity index (χ1v) is 7.42. The molecule has 0 unspecified atom stereocenters. The molecule has 0 saturated carbocycles. The van der Waals surface area contributed by atoms with Crippen molar-refractivity contribution in [1.29, 1.82) is 0 Å². The van der Waals surface area contributed by atoms with E-state index in [2.05, 4.69) is 19.7 Å². The fraction of sp³-hybridized carbons (Fsp3) is 0.250. The van der Waals surface area contributed by atoms with Crippen LogP contribution in [0.1, 0.15) is 12.0 Å². The number of sulfonamides is 1. The third-order valence-electron chi connectivity index (χ3n) is 3.01. The molecule has 0 saturated heterocycles. The summed E-state index contributed by atoms with van der Waals surface area (Å²) in [5.41, 5.74) is 2.35. The molecule has 6 nitrogen and oxygen atoms in total. The van der Waals surface area contributed by atoms with E-state index < -0.39 is 10.0 Å². The van der Waals surface area contributed by atoms with Crippen molar-refractivity contribution in [1.82, 2.24) is 5.16 Å². The van der Waals surface area contributed by atoms with E-state index in [1.807, 2.05) is 6.07 Å². The monoisotopic (exact) mass is 279 g/mol. The maximum Gasteiger partial charge on any atom is 0.262 e. The summed E-state index contributed by atoms with van der Waals surface area (Å²) in [6.07, 6.45) is 4.60. The van der Waals surface area contributed by atoms with Gasteiger partial charge in [0.15, 0.2) is 0 Å². The van der Waals surface area contributed by atoms with Crippen LogP contribution in [0.4, 0.5) is 11.4 Å². The highest BCUT2D eigenvalue weighted by molar-refractivity contribution is 7.92.